The lowest BCUT2D eigenvalue weighted by Gasteiger charge is -2.36. The van der Waals surface area contributed by atoms with Gasteiger partial charge >= 0.3 is 0 Å². The van der Waals surface area contributed by atoms with Gasteiger partial charge in [0.15, 0.2) is 0 Å². The van der Waals surface area contributed by atoms with E-state index in [2.05, 4.69) is 0 Å². The molecule has 1 N–H and O–H groups in total. The Labute approximate surface area is 72.7 Å². The standard InChI is InChI=1S/C8H16N2O2/c1-7(11)6-10-5-3-4-8(12)9(10)2/h7,11H,3-6H2,1-2H3. The van der Waals surface area contributed by atoms with Crippen LogP contribution in [0, 0.1) is 0 Å². The largest absolute Gasteiger partial charge is 0.392 e. The van der Waals surface area contributed by atoms with E-state index in [0.29, 0.717) is 13.0 Å². The highest BCUT2D eigenvalue weighted by atomic mass is 16.3. The average molecular weight is 172 g/mol. The zero-order valence-corrected chi connectivity index (χ0v) is 7.66. The van der Waals surface area contributed by atoms with E-state index in [9.17, 15) is 4.79 Å². The number of aliphatic hydroxyl groups is 1. The van der Waals surface area contributed by atoms with Crippen LogP contribution >= 0.6 is 0 Å². The number of aliphatic hydroxyl groups excluding tert-OH is 1. The molecule has 1 aliphatic heterocycles. The molecular formula is C8H16N2O2. The topological polar surface area (TPSA) is 43.8 Å². The summed E-state index contributed by atoms with van der Waals surface area (Å²) in [5.41, 5.74) is 0. The maximum atomic E-state index is 11.2. The Morgan fingerprint density at radius 3 is 2.92 bits per heavy atom. The maximum Gasteiger partial charge on any atom is 0.236 e. The van der Waals surface area contributed by atoms with Gasteiger partial charge in [-0.15, -0.1) is 0 Å². The third-order valence-corrected chi connectivity index (χ3v) is 2.07. The smallest absolute Gasteiger partial charge is 0.236 e. The second-order valence-electron chi connectivity index (χ2n) is 3.28. The summed E-state index contributed by atoms with van der Waals surface area (Å²) < 4.78 is 0. The van der Waals surface area contributed by atoms with Crippen molar-refractivity contribution in [3.05, 3.63) is 0 Å². The van der Waals surface area contributed by atoms with Crippen LogP contribution in [0.5, 0.6) is 0 Å². The summed E-state index contributed by atoms with van der Waals surface area (Å²) in [4.78, 5) is 11.2. The summed E-state index contributed by atoms with van der Waals surface area (Å²) >= 11 is 0. The van der Waals surface area contributed by atoms with Crippen LogP contribution in [-0.4, -0.2) is 47.3 Å². The lowest BCUT2D eigenvalue weighted by atomic mass is 10.2. The molecule has 12 heavy (non-hydrogen) atoms. The number of amides is 1. The molecule has 0 aliphatic carbocycles. The first-order valence-corrected chi connectivity index (χ1v) is 4.30. The van der Waals surface area contributed by atoms with Crippen molar-refractivity contribution in [2.45, 2.75) is 25.9 Å². The van der Waals surface area contributed by atoms with Gasteiger partial charge < -0.3 is 5.11 Å². The van der Waals surface area contributed by atoms with Gasteiger partial charge in [-0.25, -0.2) is 5.01 Å². The number of carbonyl (C=O) groups excluding carboxylic acids is 1. The molecule has 1 rings (SSSR count). The summed E-state index contributed by atoms with van der Waals surface area (Å²) in [5, 5.41) is 12.6. The van der Waals surface area contributed by atoms with Gasteiger partial charge in [0, 0.05) is 26.6 Å². The SMILES string of the molecule is CC(O)CN1CCCC(=O)N1C. The highest BCUT2D eigenvalue weighted by molar-refractivity contribution is 5.75. The number of β-amino-alcohol motifs (C(OH)–C–C–N with tert-alkyl or cyclic N) is 1. The minimum atomic E-state index is -0.377. The number of hydrogen-bond donors (Lipinski definition) is 1. The van der Waals surface area contributed by atoms with Crippen molar-refractivity contribution < 1.29 is 9.90 Å². The van der Waals surface area contributed by atoms with Crippen molar-refractivity contribution in [1.82, 2.24) is 10.0 Å². The first-order chi connectivity index (χ1) is 5.61. The number of rotatable bonds is 2. The predicted octanol–water partition coefficient (Wildman–Crippen LogP) is -0.164. The number of carbonyl (C=O) groups is 1. The van der Waals surface area contributed by atoms with Crippen LogP contribution in [-0.2, 0) is 4.79 Å². The van der Waals surface area contributed by atoms with E-state index in [-0.39, 0.29) is 12.0 Å². The van der Waals surface area contributed by atoms with Crippen LogP contribution in [0.3, 0.4) is 0 Å². The molecule has 1 heterocycles. The quantitative estimate of drug-likeness (QED) is 0.629. The summed E-state index contributed by atoms with van der Waals surface area (Å²) in [6, 6.07) is 0. The molecule has 1 fully saturated rings. The van der Waals surface area contributed by atoms with Crippen molar-refractivity contribution >= 4 is 5.91 Å². The van der Waals surface area contributed by atoms with Crippen LogP contribution in [0.2, 0.25) is 0 Å². The predicted molar refractivity (Wildman–Crippen MR) is 45.3 cm³/mol. The molecule has 1 amide bonds. The Bertz CT molecular complexity index is 170. The minimum Gasteiger partial charge on any atom is -0.392 e. The van der Waals surface area contributed by atoms with Gasteiger partial charge in [0.25, 0.3) is 0 Å². The van der Waals surface area contributed by atoms with Gasteiger partial charge in [-0.05, 0) is 13.3 Å². The molecule has 0 radical (unpaired) electrons. The van der Waals surface area contributed by atoms with E-state index in [1.807, 2.05) is 5.01 Å². The Hall–Kier alpha value is -0.610. The Balaban J connectivity index is 2.46. The second-order valence-corrected chi connectivity index (χ2v) is 3.28. The second kappa shape index (κ2) is 3.87. The fourth-order valence-corrected chi connectivity index (χ4v) is 1.40. The maximum absolute atomic E-state index is 11.2. The van der Waals surface area contributed by atoms with Crippen molar-refractivity contribution in [3.8, 4) is 0 Å². The van der Waals surface area contributed by atoms with Gasteiger partial charge in [-0.1, -0.05) is 0 Å². The molecule has 0 bridgehead atoms. The molecule has 70 valence electrons. The van der Waals surface area contributed by atoms with E-state index >= 15 is 0 Å². The van der Waals surface area contributed by atoms with Crippen molar-refractivity contribution in [3.63, 3.8) is 0 Å². The Kier molecular flexibility index (Phi) is 3.05. The normalized spacial score (nSPS) is 22.9. The van der Waals surface area contributed by atoms with Crippen LogP contribution in [0.25, 0.3) is 0 Å². The van der Waals surface area contributed by atoms with Gasteiger partial charge in [-0.3, -0.25) is 9.80 Å². The molecule has 0 saturated carbocycles. The molecule has 1 unspecified atom stereocenters. The first-order valence-electron chi connectivity index (χ1n) is 4.30. The van der Waals surface area contributed by atoms with E-state index in [4.69, 9.17) is 5.11 Å². The van der Waals surface area contributed by atoms with E-state index in [1.54, 1.807) is 19.0 Å². The fraction of sp³-hybridized carbons (Fsp3) is 0.875. The van der Waals surface area contributed by atoms with Crippen molar-refractivity contribution in [2.24, 2.45) is 0 Å². The zero-order chi connectivity index (χ0) is 9.14. The summed E-state index contributed by atoms with van der Waals surface area (Å²) in [7, 11) is 1.75. The molecule has 1 atom stereocenters. The monoisotopic (exact) mass is 172 g/mol. The molecule has 0 aromatic heterocycles. The van der Waals surface area contributed by atoms with Crippen LogP contribution in [0.1, 0.15) is 19.8 Å². The van der Waals surface area contributed by atoms with Crippen LogP contribution in [0.15, 0.2) is 0 Å². The Morgan fingerprint density at radius 1 is 1.67 bits per heavy atom. The molecule has 4 heteroatoms. The minimum absolute atomic E-state index is 0.141. The highest BCUT2D eigenvalue weighted by Gasteiger charge is 2.22. The summed E-state index contributed by atoms with van der Waals surface area (Å²) in [6.07, 6.45) is 1.15. The molecule has 0 aromatic rings. The van der Waals surface area contributed by atoms with Crippen LogP contribution in [0.4, 0.5) is 0 Å². The molecule has 1 aliphatic rings. The Morgan fingerprint density at radius 2 is 2.33 bits per heavy atom. The fourth-order valence-electron chi connectivity index (χ4n) is 1.40. The van der Waals surface area contributed by atoms with Gasteiger partial charge in [0.2, 0.25) is 5.91 Å². The summed E-state index contributed by atoms with van der Waals surface area (Å²) in [6.45, 7) is 3.14. The van der Waals surface area contributed by atoms with Crippen molar-refractivity contribution in [1.29, 1.82) is 0 Å². The van der Waals surface area contributed by atoms with E-state index < -0.39 is 0 Å². The van der Waals surface area contributed by atoms with Crippen LogP contribution < -0.4 is 0 Å². The average Bonchev–Trinajstić information content (AvgIpc) is 1.98. The molecule has 0 aromatic carbocycles. The molecule has 1 saturated heterocycles. The highest BCUT2D eigenvalue weighted by Crippen LogP contribution is 2.10. The summed E-state index contributed by atoms with van der Waals surface area (Å²) in [5.74, 6) is 0.141. The third kappa shape index (κ3) is 2.19. The molecule has 0 spiro atoms. The third-order valence-electron chi connectivity index (χ3n) is 2.07. The lowest BCUT2D eigenvalue weighted by Crippen LogP contribution is -2.50. The first kappa shape index (κ1) is 9.48. The zero-order valence-electron chi connectivity index (χ0n) is 7.66. The number of hydrogen-bond acceptors (Lipinski definition) is 3. The van der Waals surface area contributed by atoms with E-state index in [1.165, 1.54) is 0 Å². The molecule has 4 nitrogen and oxygen atoms in total. The van der Waals surface area contributed by atoms with E-state index in [0.717, 1.165) is 13.0 Å². The lowest BCUT2D eigenvalue weighted by molar-refractivity contribution is -0.153. The molecular weight excluding hydrogens is 156 g/mol. The number of hydrazine groups is 1. The number of nitrogens with zero attached hydrogens (tertiary/aromatic N) is 2. The van der Waals surface area contributed by atoms with Gasteiger partial charge in [0.05, 0.1) is 6.10 Å². The van der Waals surface area contributed by atoms with Gasteiger partial charge in [-0.2, -0.15) is 0 Å². The van der Waals surface area contributed by atoms with Gasteiger partial charge in [0.1, 0.15) is 0 Å². The van der Waals surface area contributed by atoms with Crippen molar-refractivity contribution in [2.75, 3.05) is 20.1 Å².